The Morgan fingerprint density at radius 1 is 0.716 bits per heavy atom. The molecule has 1 aromatic heterocycles. The standard InChI is InChI=1S/C49H72N16O9/c1-3-4-15-33(59-28(2)66)42(69)62-36-19-20-40(67)55-24-21-37(46(73)64-38(41(50)68)26-30-27-58-32-16-9-8-14-31(30)32)63-43(70)34(17-10-22-56-48(51)52)61-47(74)39(25-29-12-6-5-7-13-29)65-44(71)35(60-45(36)72)18-11-23-57-49(53)54/h5-9,12-14,16,27,33-39,58H,3-4,10-11,15,17-26H2,1-2H3,(H2,50,68)(H,55,67)(H,59,66)(H,60,72)(H,61,74)(H,62,69)(H,63,70)(H,64,73)(H,65,71)(H4,51,52,56)(H4,53,54,57)/t33-,34-,35-,36-,37?,38-,39+/m0/s1. The summed E-state index contributed by atoms with van der Waals surface area (Å²) in [4.78, 5) is 127. The van der Waals surface area contributed by atoms with Crippen LogP contribution < -0.4 is 70.4 Å². The number of aromatic nitrogens is 1. The minimum absolute atomic E-state index is 0.0234. The maximum absolute atomic E-state index is 14.5. The third-order valence-electron chi connectivity index (χ3n) is 12.1. The first-order valence-electron chi connectivity index (χ1n) is 24.7. The van der Waals surface area contributed by atoms with Crippen LogP contribution in [0.15, 0.2) is 60.8 Å². The van der Waals surface area contributed by atoms with Crippen LogP contribution in [0.1, 0.15) is 89.2 Å². The van der Waals surface area contributed by atoms with Gasteiger partial charge in [0, 0.05) is 62.9 Å². The number of primary amides is 1. The number of hydrogen-bond donors (Lipinski definition) is 16. The van der Waals surface area contributed by atoms with E-state index in [-0.39, 0.29) is 95.8 Å². The lowest BCUT2D eigenvalue weighted by Crippen LogP contribution is -2.60. The van der Waals surface area contributed by atoms with Gasteiger partial charge in [0.15, 0.2) is 11.9 Å². The summed E-state index contributed by atoms with van der Waals surface area (Å²) in [6.45, 7) is 3.12. The van der Waals surface area contributed by atoms with Crippen LogP contribution in [0.25, 0.3) is 10.9 Å². The SMILES string of the molecule is CCCC[C@H](NC(C)=O)C(=O)N[C@H]1CCC(=O)NCCC(C(=O)N[C@@H](Cc2c[nH]c3ccccc23)C(N)=O)NC(=O)[C@H](CCCNC(=N)N)NC(=O)[C@@H](Cc2ccccc2)NC(=O)[C@H](CCCNC(=N)N)NC1=O. The first-order chi connectivity index (χ1) is 35.3. The number of benzene rings is 2. The molecule has 1 aliphatic heterocycles. The molecular weight excluding hydrogens is 957 g/mol. The van der Waals surface area contributed by atoms with E-state index < -0.39 is 95.5 Å². The Morgan fingerprint density at radius 3 is 1.93 bits per heavy atom. The molecule has 4 rings (SSSR count). The molecule has 0 radical (unpaired) electrons. The summed E-state index contributed by atoms with van der Waals surface area (Å²) < 4.78 is 0. The summed E-state index contributed by atoms with van der Waals surface area (Å²) in [5, 5.41) is 42.6. The van der Waals surface area contributed by atoms with E-state index >= 15 is 0 Å². The number of carbonyl (C=O) groups excluding carboxylic acids is 9. The normalized spacial score (nSPS) is 20.0. The minimum atomic E-state index is -1.45. The quantitative estimate of drug-likeness (QED) is 0.0309. The second kappa shape index (κ2) is 29.9. The van der Waals surface area contributed by atoms with Gasteiger partial charge in [-0.2, -0.15) is 0 Å². The van der Waals surface area contributed by atoms with Gasteiger partial charge in [0.05, 0.1) is 0 Å². The van der Waals surface area contributed by atoms with Crippen LogP contribution in [0, 0.1) is 10.8 Å². The zero-order valence-electron chi connectivity index (χ0n) is 41.8. The van der Waals surface area contributed by atoms with Gasteiger partial charge in [-0.1, -0.05) is 68.3 Å². The number of fused-ring (bicyclic) bond motifs is 1. The van der Waals surface area contributed by atoms with Crippen molar-refractivity contribution in [2.45, 2.75) is 133 Å². The molecule has 0 aliphatic carbocycles. The van der Waals surface area contributed by atoms with Crippen molar-refractivity contribution >= 4 is 76.0 Å². The number of carbonyl (C=O) groups is 9. The molecule has 25 heteroatoms. The van der Waals surface area contributed by atoms with Gasteiger partial charge in [0.25, 0.3) is 0 Å². The fraction of sp³-hybridized carbons (Fsp3) is 0.490. The molecule has 25 nitrogen and oxygen atoms in total. The summed E-state index contributed by atoms with van der Waals surface area (Å²) in [5.74, 6) is -7.61. The van der Waals surface area contributed by atoms with Crippen molar-refractivity contribution in [1.82, 2.24) is 58.2 Å². The van der Waals surface area contributed by atoms with E-state index in [9.17, 15) is 43.2 Å². The van der Waals surface area contributed by atoms with Crippen LogP contribution >= 0.6 is 0 Å². The van der Waals surface area contributed by atoms with Crippen LogP contribution in [0.2, 0.25) is 0 Å². The fourth-order valence-corrected chi connectivity index (χ4v) is 8.21. The number of rotatable bonds is 21. The molecule has 74 heavy (non-hydrogen) atoms. The van der Waals surface area contributed by atoms with E-state index in [0.29, 0.717) is 24.0 Å². The van der Waals surface area contributed by atoms with Crippen LogP contribution in [-0.2, 0) is 56.0 Å². The van der Waals surface area contributed by atoms with Gasteiger partial charge in [-0.3, -0.25) is 54.0 Å². The molecule has 0 bridgehead atoms. The largest absolute Gasteiger partial charge is 0.370 e. The highest BCUT2D eigenvalue weighted by molar-refractivity contribution is 5.98. The zero-order chi connectivity index (χ0) is 54.2. The molecule has 2 aromatic carbocycles. The van der Waals surface area contributed by atoms with Crippen molar-refractivity contribution in [3.05, 3.63) is 71.9 Å². The molecule has 0 spiro atoms. The van der Waals surface area contributed by atoms with E-state index in [1.165, 1.54) is 6.92 Å². The number of nitrogens with two attached hydrogens (primary N) is 3. The first kappa shape index (κ1) is 58.3. The molecule has 2 heterocycles. The third kappa shape index (κ3) is 19.7. The monoisotopic (exact) mass is 1030 g/mol. The number of unbranched alkanes of at least 4 members (excludes halogenated alkanes) is 1. The van der Waals surface area contributed by atoms with E-state index in [4.69, 9.17) is 28.0 Å². The lowest BCUT2D eigenvalue weighted by molar-refractivity contribution is -0.136. The molecule has 1 aliphatic rings. The molecule has 3 aromatic rings. The van der Waals surface area contributed by atoms with Gasteiger partial charge < -0.3 is 75.4 Å². The second-order valence-electron chi connectivity index (χ2n) is 18.1. The predicted molar refractivity (Wildman–Crippen MR) is 275 cm³/mol. The first-order valence-corrected chi connectivity index (χ1v) is 24.7. The lowest BCUT2D eigenvalue weighted by atomic mass is 10.0. The molecule has 19 N–H and O–H groups in total. The maximum Gasteiger partial charge on any atom is 0.243 e. The van der Waals surface area contributed by atoms with Crippen LogP contribution in [0.3, 0.4) is 0 Å². The number of amides is 9. The minimum Gasteiger partial charge on any atom is -0.370 e. The molecule has 0 saturated carbocycles. The molecule has 7 atom stereocenters. The molecule has 1 fully saturated rings. The maximum atomic E-state index is 14.5. The molecule has 1 saturated heterocycles. The van der Waals surface area contributed by atoms with Gasteiger partial charge in [0.2, 0.25) is 53.2 Å². The smallest absolute Gasteiger partial charge is 0.243 e. The van der Waals surface area contributed by atoms with Crippen molar-refractivity contribution in [3.63, 3.8) is 0 Å². The average Bonchev–Trinajstić information content (AvgIpc) is 3.76. The van der Waals surface area contributed by atoms with E-state index in [1.54, 1.807) is 36.5 Å². The van der Waals surface area contributed by atoms with Crippen LogP contribution in [0.5, 0.6) is 0 Å². The third-order valence-corrected chi connectivity index (χ3v) is 12.1. The van der Waals surface area contributed by atoms with Gasteiger partial charge >= 0.3 is 0 Å². The number of hydrogen-bond acceptors (Lipinski definition) is 11. The highest BCUT2D eigenvalue weighted by Gasteiger charge is 2.35. The molecule has 402 valence electrons. The number of para-hydroxylation sites is 1. The van der Waals surface area contributed by atoms with Crippen molar-refractivity contribution in [1.29, 1.82) is 10.8 Å². The van der Waals surface area contributed by atoms with Crippen molar-refractivity contribution in [3.8, 4) is 0 Å². The van der Waals surface area contributed by atoms with Crippen LogP contribution in [-0.4, -0.2) is 132 Å². The van der Waals surface area contributed by atoms with Crippen molar-refractivity contribution < 1.29 is 43.2 Å². The Morgan fingerprint density at radius 2 is 1.31 bits per heavy atom. The summed E-state index contributed by atoms with van der Waals surface area (Å²) in [6, 6.07) is 6.62. The second-order valence-corrected chi connectivity index (χ2v) is 18.1. The summed E-state index contributed by atoms with van der Waals surface area (Å²) in [7, 11) is 0. The van der Waals surface area contributed by atoms with Gasteiger partial charge in [-0.05, 0) is 62.1 Å². The average molecular weight is 1030 g/mol. The zero-order valence-corrected chi connectivity index (χ0v) is 41.8. The van der Waals surface area contributed by atoms with Crippen LogP contribution in [0.4, 0.5) is 0 Å². The topological polar surface area (TPSA) is 415 Å². The Bertz CT molecular complexity index is 2450. The predicted octanol–water partition coefficient (Wildman–Crippen LogP) is -2.13. The summed E-state index contributed by atoms with van der Waals surface area (Å²) >= 11 is 0. The Balaban J connectivity index is 1.76. The van der Waals surface area contributed by atoms with E-state index in [1.807, 2.05) is 31.2 Å². The molecular formula is C49H72N16O9. The number of aromatic amines is 1. The highest BCUT2D eigenvalue weighted by Crippen LogP contribution is 2.19. The van der Waals surface area contributed by atoms with Gasteiger partial charge in [0.1, 0.15) is 42.3 Å². The van der Waals surface area contributed by atoms with Gasteiger partial charge in [-0.25, -0.2) is 0 Å². The highest BCUT2D eigenvalue weighted by atomic mass is 16.2. The Kier molecular flexibility index (Phi) is 23.6. The van der Waals surface area contributed by atoms with Crippen molar-refractivity contribution in [2.24, 2.45) is 17.2 Å². The number of H-pyrrole nitrogens is 1. The Labute approximate surface area is 428 Å². The lowest BCUT2D eigenvalue weighted by Gasteiger charge is -2.28. The number of nitrogens with one attached hydrogen (secondary N) is 13. The van der Waals surface area contributed by atoms with Gasteiger partial charge in [-0.15, -0.1) is 0 Å². The fourth-order valence-electron chi connectivity index (χ4n) is 8.21. The van der Waals surface area contributed by atoms with Crippen molar-refractivity contribution in [2.75, 3.05) is 19.6 Å². The summed E-state index contributed by atoms with van der Waals surface area (Å²) in [6.07, 6.45) is 2.30. The van der Waals surface area contributed by atoms with E-state index in [0.717, 1.165) is 10.9 Å². The molecule has 1 unspecified atom stereocenters. The molecule has 9 amide bonds. The van der Waals surface area contributed by atoms with E-state index in [2.05, 4.69) is 58.2 Å². The summed E-state index contributed by atoms with van der Waals surface area (Å²) in [5.41, 5.74) is 18.9. The number of guanidine groups is 2. The Hall–Kier alpha value is -8.25.